The quantitative estimate of drug-likeness (QED) is 0.737. The van der Waals surface area contributed by atoms with Gasteiger partial charge in [0.15, 0.2) is 6.10 Å². The second-order valence-electron chi connectivity index (χ2n) is 6.96. The maximum absolute atomic E-state index is 12.1. The molecule has 2 aromatic carbocycles. The minimum absolute atomic E-state index is 0.0531. The van der Waals surface area contributed by atoms with Crippen LogP contribution in [0.2, 0.25) is 0 Å². The van der Waals surface area contributed by atoms with Crippen LogP contribution in [0.5, 0.6) is 5.75 Å². The lowest BCUT2D eigenvalue weighted by atomic mass is 9.87. The number of carbonyl (C=O) groups is 2. The second-order valence-corrected chi connectivity index (χ2v) is 7.81. The van der Waals surface area contributed by atoms with Crippen molar-refractivity contribution in [3.05, 3.63) is 64.1 Å². The Balaban J connectivity index is 1.89. The van der Waals surface area contributed by atoms with Gasteiger partial charge in [-0.05, 0) is 58.1 Å². The second kappa shape index (κ2) is 8.36. The van der Waals surface area contributed by atoms with E-state index in [4.69, 9.17) is 4.74 Å². The summed E-state index contributed by atoms with van der Waals surface area (Å²) in [5.74, 6) is -0.254. The molecule has 0 aliphatic rings. The highest BCUT2D eigenvalue weighted by Gasteiger charge is 2.18. The molecule has 6 heteroatoms. The molecule has 5 nitrogen and oxygen atoms in total. The van der Waals surface area contributed by atoms with Crippen molar-refractivity contribution in [3.8, 4) is 5.75 Å². The third-order valence-corrected chi connectivity index (χ3v) is 4.51. The summed E-state index contributed by atoms with van der Waals surface area (Å²) in [6, 6.07) is 14.6. The number of hydrogen-bond acceptors (Lipinski definition) is 3. The molecule has 2 aromatic rings. The summed E-state index contributed by atoms with van der Waals surface area (Å²) in [4.78, 5) is 24.2. The van der Waals surface area contributed by atoms with Gasteiger partial charge in [0, 0.05) is 4.47 Å². The van der Waals surface area contributed by atoms with E-state index in [1.165, 1.54) is 5.56 Å². The molecular weight excluding hydrogens is 396 g/mol. The van der Waals surface area contributed by atoms with Crippen LogP contribution in [0.25, 0.3) is 0 Å². The molecule has 1 atom stereocenters. The van der Waals surface area contributed by atoms with Crippen molar-refractivity contribution in [2.24, 2.45) is 0 Å². The highest BCUT2D eigenvalue weighted by atomic mass is 79.9. The maximum Gasteiger partial charge on any atom is 0.279 e. The third-order valence-electron chi connectivity index (χ3n) is 3.82. The van der Waals surface area contributed by atoms with Gasteiger partial charge in [0.1, 0.15) is 5.75 Å². The Kier molecular flexibility index (Phi) is 6.42. The zero-order chi connectivity index (χ0) is 19.3. The van der Waals surface area contributed by atoms with Gasteiger partial charge in [-0.2, -0.15) is 0 Å². The average Bonchev–Trinajstić information content (AvgIpc) is 2.59. The minimum atomic E-state index is -0.755. The van der Waals surface area contributed by atoms with Crippen molar-refractivity contribution in [3.63, 3.8) is 0 Å². The predicted octanol–water partition coefficient (Wildman–Crippen LogP) is 3.98. The molecule has 2 rings (SSSR count). The van der Waals surface area contributed by atoms with Crippen LogP contribution >= 0.6 is 15.9 Å². The zero-order valence-electron chi connectivity index (χ0n) is 15.3. The van der Waals surface area contributed by atoms with E-state index in [2.05, 4.69) is 47.6 Å². The molecule has 0 saturated heterocycles. The first-order valence-electron chi connectivity index (χ1n) is 8.30. The van der Waals surface area contributed by atoms with Crippen LogP contribution in [-0.4, -0.2) is 17.9 Å². The molecule has 0 saturated carbocycles. The van der Waals surface area contributed by atoms with Gasteiger partial charge in [-0.25, -0.2) is 0 Å². The Morgan fingerprint density at radius 3 is 2.19 bits per heavy atom. The van der Waals surface area contributed by atoms with Gasteiger partial charge in [0.05, 0.1) is 5.56 Å². The Labute approximate surface area is 162 Å². The highest BCUT2D eigenvalue weighted by Crippen LogP contribution is 2.24. The van der Waals surface area contributed by atoms with E-state index in [-0.39, 0.29) is 5.41 Å². The molecular formula is C20H23BrN2O3. The summed E-state index contributed by atoms with van der Waals surface area (Å²) < 4.78 is 6.28. The van der Waals surface area contributed by atoms with E-state index in [9.17, 15) is 9.59 Å². The number of ether oxygens (including phenoxy) is 1. The van der Waals surface area contributed by atoms with Gasteiger partial charge in [-0.1, -0.05) is 45.0 Å². The van der Waals surface area contributed by atoms with Crippen molar-refractivity contribution < 1.29 is 14.3 Å². The summed E-state index contributed by atoms with van der Waals surface area (Å²) in [7, 11) is 0. The van der Waals surface area contributed by atoms with Gasteiger partial charge in [0.2, 0.25) is 0 Å². The van der Waals surface area contributed by atoms with Crippen LogP contribution in [0.15, 0.2) is 53.0 Å². The molecule has 0 spiro atoms. The van der Waals surface area contributed by atoms with Crippen LogP contribution in [0, 0.1) is 0 Å². The highest BCUT2D eigenvalue weighted by molar-refractivity contribution is 9.10. The first-order chi connectivity index (χ1) is 12.2. The Bertz CT molecular complexity index is 782. The smallest absolute Gasteiger partial charge is 0.279 e. The number of hydrazine groups is 1. The van der Waals surface area contributed by atoms with E-state index in [1.807, 2.05) is 24.3 Å². The number of halogens is 1. The molecule has 2 amide bonds. The molecule has 0 bridgehead atoms. The molecule has 0 aromatic heterocycles. The Hall–Kier alpha value is -2.34. The van der Waals surface area contributed by atoms with Gasteiger partial charge < -0.3 is 4.74 Å². The Morgan fingerprint density at radius 2 is 1.62 bits per heavy atom. The minimum Gasteiger partial charge on any atom is -0.481 e. The number of rotatable bonds is 4. The van der Waals surface area contributed by atoms with Gasteiger partial charge >= 0.3 is 0 Å². The fourth-order valence-electron chi connectivity index (χ4n) is 2.22. The van der Waals surface area contributed by atoms with Gasteiger partial charge in [-0.3, -0.25) is 20.4 Å². The van der Waals surface area contributed by atoms with E-state index >= 15 is 0 Å². The van der Waals surface area contributed by atoms with E-state index in [1.54, 1.807) is 31.2 Å². The topological polar surface area (TPSA) is 67.4 Å². The van der Waals surface area contributed by atoms with E-state index in [0.29, 0.717) is 15.8 Å². The van der Waals surface area contributed by atoms with Crippen molar-refractivity contribution in [1.29, 1.82) is 0 Å². The van der Waals surface area contributed by atoms with Crippen LogP contribution < -0.4 is 15.6 Å². The van der Waals surface area contributed by atoms with Crippen molar-refractivity contribution in [2.45, 2.75) is 39.2 Å². The molecule has 0 fully saturated rings. The molecule has 1 unspecified atom stereocenters. The first kappa shape index (κ1) is 20.0. The largest absolute Gasteiger partial charge is 0.481 e. The SMILES string of the molecule is CC(Oc1ccc(C(C)(C)C)cc1)C(=O)NNC(=O)c1ccccc1Br. The number of nitrogens with one attached hydrogen (secondary N) is 2. The van der Waals surface area contributed by atoms with Crippen LogP contribution in [-0.2, 0) is 10.2 Å². The number of hydrogen-bond donors (Lipinski definition) is 2. The molecule has 138 valence electrons. The van der Waals surface area contributed by atoms with E-state index in [0.717, 1.165) is 0 Å². The van der Waals surface area contributed by atoms with Gasteiger partial charge in [0.25, 0.3) is 11.8 Å². The van der Waals surface area contributed by atoms with Crippen molar-refractivity contribution in [1.82, 2.24) is 10.9 Å². The summed E-state index contributed by atoms with van der Waals surface area (Å²) in [6.07, 6.45) is -0.755. The number of carbonyl (C=O) groups excluding carboxylic acids is 2. The summed E-state index contributed by atoms with van der Waals surface area (Å²) in [5.41, 5.74) is 6.43. The maximum atomic E-state index is 12.1. The lowest BCUT2D eigenvalue weighted by Gasteiger charge is -2.20. The third kappa shape index (κ3) is 5.33. The molecule has 0 aliphatic heterocycles. The zero-order valence-corrected chi connectivity index (χ0v) is 16.9. The number of benzene rings is 2. The Morgan fingerprint density at radius 1 is 1.00 bits per heavy atom. The first-order valence-corrected chi connectivity index (χ1v) is 9.09. The lowest BCUT2D eigenvalue weighted by molar-refractivity contribution is -0.128. The van der Waals surface area contributed by atoms with E-state index < -0.39 is 17.9 Å². The van der Waals surface area contributed by atoms with Crippen LogP contribution in [0.1, 0.15) is 43.6 Å². The molecule has 0 radical (unpaired) electrons. The number of amides is 2. The fraction of sp³-hybridized carbons (Fsp3) is 0.300. The standard InChI is InChI=1S/C20H23BrN2O3/c1-13(26-15-11-9-14(10-12-15)20(2,3)4)18(24)22-23-19(25)16-7-5-6-8-17(16)21/h5-13H,1-4H3,(H,22,24)(H,23,25). The molecule has 0 aliphatic carbocycles. The normalized spacial score (nSPS) is 12.2. The lowest BCUT2D eigenvalue weighted by Crippen LogP contribution is -2.47. The van der Waals surface area contributed by atoms with Crippen LogP contribution in [0.4, 0.5) is 0 Å². The van der Waals surface area contributed by atoms with Crippen molar-refractivity contribution in [2.75, 3.05) is 0 Å². The fourth-order valence-corrected chi connectivity index (χ4v) is 2.69. The average molecular weight is 419 g/mol. The summed E-state index contributed by atoms with van der Waals surface area (Å²) >= 11 is 3.30. The summed E-state index contributed by atoms with van der Waals surface area (Å²) in [6.45, 7) is 8.02. The molecule has 26 heavy (non-hydrogen) atoms. The molecule has 2 N–H and O–H groups in total. The summed E-state index contributed by atoms with van der Waals surface area (Å²) in [5, 5.41) is 0. The van der Waals surface area contributed by atoms with Crippen LogP contribution in [0.3, 0.4) is 0 Å². The predicted molar refractivity (Wildman–Crippen MR) is 105 cm³/mol. The molecule has 0 heterocycles. The van der Waals surface area contributed by atoms with Gasteiger partial charge in [-0.15, -0.1) is 0 Å². The van der Waals surface area contributed by atoms with Crippen molar-refractivity contribution >= 4 is 27.7 Å². The monoisotopic (exact) mass is 418 g/mol.